The molecule has 3 fully saturated rings. The first-order valence-electron chi connectivity index (χ1n) is 21.0. The number of anilines is 1. The Bertz CT molecular complexity index is 2190. The molecule has 15 heteroatoms. The molecule has 0 bridgehead atoms. The van der Waals surface area contributed by atoms with Gasteiger partial charge >= 0.3 is 0 Å². The number of rotatable bonds is 11. The van der Waals surface area contributed by atoms with Crippen molar-refractivity contribution >= 4 is 22.9 Å². The number of nitrogens with zero attached hydrogens (tertiary/aromatic N) is 9. The van der Waals surface area contributed by atoms with Gasteiger partial charge in [0.2, 0.25) is 11.9 Å². The Balaban J connectivity index is 0.721. The van der Waals surface area contributed by atoms with Crippen molar-refractivity contribution in [1.82, 2.24) is 45.0 Å². The van der Waals surface area contributed by atoms with Crippen LogP contribution in [0.15, 0.2) is 53.3 Å². The van der Waals surface area contributed by atoms with E-state index >= 15 is 0 Å². The number of aromatic hydroxyl groups is 1. The molecule has 8 heterocycles. The largest absolute Gasteiger partial charge is 0.507 e. The molecule has 0 saturated carbocycles. The smallest absolute Gasteiger partial charge is 0.254 e. The average molecular weight is 791 g/mol. The van der Waals surface area contributed by atoms with Crippen LogP contribution in [-0.2, 0) is 17.8 Å². The summed E-state index contributed by atoms with van der Waals surface area (Å²) in [5.41, 5.74) is 5.65. The lowest BCUT2D eigenvalue weighted by Crippen LogP contribution is -2.48. The first-order valence-corrected chi connectivity index (χ1v) is 21.0. The number of likely N-dealkylation sites (tertiary alicyclic amines) is 3. The van der Waals surface area contributed by atoms with Crippen molar-refractivity contribution in [3.05, 3.63) is 71.4 Å². The molecule has 4 aromatic heterocycles. The van der Waals surface area contributed by atoms with Crippen molar-refractivity contribution in [1.29, 1.82) is 0 Å². The van der Waals surface area contributed by atoms with E-state index in [0.29, 0.717) is 67.5 Å². The van der Waals surface area contributed by atoms with E-state index < -0.39 is 12.0 Å². The van der Waals surface area contributed by atoms with E-state index in [4.69, 9.17) is 19.2 Å². The van der Waals surface area contributed by atoms with Gasteiger partial charge in [-0.15, -0.1) is 10.2 Å². The van der Waals surface area contributed by atoms with Gasteiger partial charge < -0.3 is 39.2 Å². The lowest BCUT2D eigenvalue weighted by Gasteiger charge is -2.41. The lowest BCUT2D eigenvalue weighted by molar-refractivity contribution is -0.133. The number of carbonyl (C=O) groups excluding carboxylic acids is 1. The molecule has 0 spiro atoms. The molecule has 306 valence electrons. The molecule has 1 aromatic carbocycles. The van der Waals surface area contributed by atoms with Crippen molar-refractivity contribution in [3.63, 3.8) is 0 Å². The van der Waals surface area contributed by atoms with Crippen LogP contribution in [0.1, 0.15) is 80.4 Å². The monoisotopic (exact) mass is 790 g/mol. The van der Waals surface area contributed by atoms with Gasteiger partial charge in [-0.25, -0.2) is 9.97 Å². The van der Waals surface area contributed by atoms with Crippen molar-refractivity contribution < 1.29 is 24.3 Å². The molecule has 58 heavy (non-hydrogen) atoms. The van der Waals surface area contributed by atoms with Crippen LogP contribution in [0, 0.1) is 5.92 Å². The molecule has 3 N–H and O–H groups in total. The molecular formula is C43H54N10O5. The third-order valence-electron chi connectivity index (χ3n) is 12.8. The number of carbonyl (C=O) groups is 1. The van der Waals surface area contributed by atoms with Crippen LogP contribution in [0.4, 0.5) is 5.95 Å². The zero-order valence-electron chi connectivity index (χ0n) is 33.5. The molecular weight excluding hydrogens is 737 g/mol. The maximum Gasteiger partial charge on any atom is 0.254 e. The highest BCUT2D eigenvalue weighted by Gasteiger charge is 2.36. The van der Waals surface area contributed by atoms with Gasteiger partial charge in [-0.1, -0.05) is 26.0 Å². The SMILES string of the molecule is CC(C)C(C(=O)N1CCC(O)C1)c1cc(OCCN2CCC(N3CCC(c4cnc(N5CCc6[nH]c7nnc(-c8ccccc8O)cc7c6C5)nc4)CC3)CC2)no1. The molecule has 9 rings (SSSR count). The average Bonchev–Trinajstić information content (AvgIpc) is 3.99. The number of aromatic amines is 1. The molecule has 2 atom stereocenters. The van der Waals surface area contributed by atoms with Gasteiger partial charge in [0, 0.05) is 85.9 Å². The molecule has 0 aliphatic carbocycles. The number of hydrogen-bond acceptors (Lipinski definition) is 13. The molecule has 0 radical (unpaired) electrons. The van der Waals surface area contributed by atoms with Gasteiger partial charge in [0.05, 0.1) is 11.8 Å². The molecule has 4 aliphatic heterocycles. The summed E-state index contributed by atoms with van der Waals surface area (Å²) < 4.78 is 11.6. The Labute approximate surface area is 338 Å². The van der Waals surface area contributed by atoms with Gasteiger partial charge in [0.15, 0.2) is 11.4 Å². The number of β-amino-alcohol motifs (C(OH)–C–C–N with tert-alkyl or cyclic N) is 1. The third kappa shape index (κ3) is 7.99. The Hall–Kier alpha value is -5.12. The van der Waals surface area contributed by atoms with Crippen molar-refractivity contribution in [2.24, 2.45) is 5.92 Å². The summed E-state index contributed by atoms with van der Waals surface area (Å²) in [6, 6.07) is 11.6. The third-order valence-corrected chi connectivity index (χ3v) is 12.8. The lowest BCUT2D eigenvalue weighted by atomic mass is 9.89. The van der Waals surface area contributed by atoms with E-state index in [0.717, 1.165) is 88.4 Å². The molecule has 4 aliphatic rings. The van der Waals surface area contributed by atoms with Gasteiger partial charge in [0.25, 0.3) is 5.88 Å². The van der Waals surface area contributed by atoms with Crippen molar-refractivity contribution in [2.75, 3.05) is 63.9 Å². The second-order valence-electron chi connectivity index (χ2n) is 16.8. The zero-order chi connectivity index (χ0) is 39.8. The summed E-state index contributed by atoms with van der Waals surface area (Å²) in [7, 11) is 0. The van der Waals surface area contributed by atoms with Gasteiger partial charge in [-0.05, 0) is 99.0 Å². The number of phenols is 1. The molecule has 5 aromatic rings. The number of piperidine rings is 2. The standard InChI is InChI=1S/C43H54N10O5/c1-27(2)40(42(56)52-17-11-31(54)25-52)38-22-39(49-58-38)57-20-19-50-13-9-30(10-14-50)51-15-7-28(8-16-51)29-23-44-43(45-24-29)53-18-12-35-34(26-53)33-21-36(47-48-41(33)46-35)32-5-3-4-6-37(32)55/h3-6,21-24,27-28,30-31,40,54-55H,7-20,25-26H2,1-2H3,(H,46,48). The molecule has 2 unspecified atom stereocenters. The normalized spacial score (nSPS) is 20.6. The van der Waals surface area contributed by atoms with Gasteiger partial charge in [-0.2, -0.15) is 0 Å². The summed E-state index contributed by atoms with van der Waals surface area (Å²) in [6.07, 6.45) is 9.60. The Morgan fingerprint density at radius 2 is 1.78 bits per heavy atom. The number of phenolic OH excluding ortho intramolecular Hbond substituents is 1. The minimum atomic E-state index is -0.455. The van der Waals surface area contributed by atoms with Crippen LogP contribution in [0.3, 0.4) is 0 Å². The fourth-order valence-corrected chi connectivity index (χ4v) is 9.45. The van der Waals surface area contributed by atoms with E-state index in [1.807, 2.05) is 44.4 Å². The van der Waals surface area contributed by atoms with Crippen molar-refractivity contribution in [2.45, 2.75) is 82.9 Å². The van der Waals surface area contributed by atoms with E-state index in [9.17, 15) is 15.0 Å². The fraction of sp³-hybridized carbons (Fsp3) is 0.535. The maximum absolute atomic E-state index is 13.2. The summed E-state index contributed by atoms with van der Waals surface area (Å²) in [5, 5.41) is 34.3. The van der Waals surface area contributed by atoms with E-state index in [-0.39, 0.29) is 17.6 Å². The number of hydrogen-bond donors (Lipinski definition) is 3. The summed E-state index contributed by atoms with van der Waals surface area (Å²) in [4.78, 5) is 35.5. The molecule has 1 amide bonds. The predicted octanol–water partition coefficient (Wildman–Crippen LogP) is 4.73. The van der Waals surface area contributed by atoms with Gasteiger partial charge in [-0.3, -0.25) is 9.69 Å². The first-order chi connectivity index (χ1) is 28.3. The first kappa shape index (κ1) is 38.4. The Morgan fingerprint density at radius 1 is 0.983 bits per heavy atom. The zero-order valence-corrected chi connectivity index (χ0v) is 33.5. The number of aromatic nitrogens is 6. The summed E-state index contributed by atoms with van der Waals surface area (Å²) in [6.45, 7) is 12.0. The van der Waals surface area contributed by atoms with Crippen LogP contribution < -0.4 is 9.64 Å². The van der Waals surface area contributed by atoms with Crippen LogP contribution in [0.2, 0.25) is 0 Å². The number of ether oxygens (including phenoxy) is 1. The highest BCUT2D eigenvalue weighted by Crippen LogP contribution is 2.35. The Kier molecular flexibility index (Phi) is 11.0. The van der Waals surface area contributed by atoms with Crippen LogP contribution in [-0.4, -0.2) is 132 Å². The topological polar surface area (TPSA) is 173 Å². The second kappa shape index (κ2) is 16.6. The van der Waals surface area contributed by atoms with Crippen LogP contribution >= 0.6 is 0 Å². The van der Waals surface area contributed by atoms with E-state index in [2.05, 4.69) is 35.0 Å². The second-order valence-corrected chi connectivity index (χ2v) is 16.8. The number of aliphatic hydroxyl groups is 1. The predicted molar refractivity (Wildman–Crippen MR) is 218 cm³/mol. The van der Waals surface area contributed by atoms with Crippen LogP contribution in [0.5, 0.6) is 11.6 Å². The molecule has 15 nitrogen and oxygen atoms in total. The van der Waals surface area contributed by atoms with Gasteiger partial charge in [0.1, 0.15) is 18.3 Å². The number of H-pyrrole nitrogens is 1. The summed E-state index contributed by atoms with van der Waals surface area (Å²) >= 11 is 0. The number of para-hydroxylation sites is 1. The number of aliphatic hydroxyl groups excluding tert-OH is 1. The number of nitrogens with one attached hydrogen (secondary N) is 1. The van der Waals surface area contributed by atoms with Crippen molar-refractivity contribution in [3.8, 4) is 22.9 Å². The quantitative estimate of drug-likeness (QED) is 0.168. The number of benzene rings is 1. The minimum absolute atomic E-state index is 0.0248. The number of amides is 1. The highest BCUT2D eigenvalue weighted by molar-refractivity contribution is 5.86. The van der Waals surface area contributed by atoms with E-state index in [1.54, 1.807) is 23.1 Å². The van der Waals surface area contributed by atoms with E-state index in [1.165, 1.54) is 16.8 Å². The molecule has 3 saturated heterocycles. The fourth-order valence-electron chi connectivity index (χ4n) is 9.45. The maximum atomic E-state index is 13.2. The Morgan fingerprint density at radius 3 is 2.52 bits per heavy atom. The minimum Gasteiger partial charge on any atom is -0.507 e. The van der Waals surface area contributed by atoms with Crippen LogP contribution in [0.25, 0.3) is 22.3 Å². The number of fused-ring (bicyclic) bond motifs is 3. The highest BCUT2D eigenvalue weighted by atomic mass is 16.5. The summed E-state index contributed by atoms with van der Waals surface area (Å²) in [5.74, 6) is 1.91.